The maximum absolute atomic E-state index is 11.8. The molecule has 0 bridgehead atoms. The molecule has 2 amide bonds. The number of aliphatic carboxylic acids is 2. The third-order valence-corrected chi connectivity index (χ3v) is 5.27. The van der Waals surface area contributed by atoms with Crippen LogP contribution in [0.15, 0.2) is 24.3 Å². The molecule has 0 fully saturated rings. The molecule has 0 heterocycles. The molecule has 0 unspecified atom stereocenters. The van der Waals surface area contributed by atoms with Crippen LogP contribution in [0.3, 0.4) is 0 Å². The topological polar surface area (TPSA) is 150 Å². The van der Waals surface area contributed by atoms with E-state index < -0.39 is 39.6 Å². The fourth-order valence-corrected chi connectivity index (χ4v) is 3.22. The van der Waals surface area contributed by atoms with Gasteiger partial charge in [0.05, 0.1) is 0 Å². The second kappa shape index (κ2) is 12.2. The quantitative estimate of drug-likeness (QED) is 0.250. The second-order valence-electron chi connectivity index (χ2n) is 5.38. The van der Waals surface area contributed by atoms with Crippen molar-refractivity contribution in [1.29, 1.82) is 0 Å². The Balaban J connectivity index is 2.27. The standard InChI is InChI=1S/C16H19AsN2O7S/c20-13(19-12(16(24)25)5-6-15(22)23)7-8-27-9-14(21)18-11-3-1-10(17-26)2-4-11/h1-4,12H,5-9H2,(H,18,21)(H,19,20)(H,22,23)(H,24,25)/t12-/m0/s1. The summed E-state index contributed by atoms with van der Waals surface area (Å²) in [5, 5.41) is 22.5. The zero-order chi connectivity index (χ0) is 20.2. The number of carboxylic acids is 2. The molecular weight excluding hydrogens is 439 g/mol. The van der Waals surface area contributed by atoms with E-state index in [2.05, 4.69) is 10.6 Å². The number of amides is 2. The number of hydrogen-bond donors (Lipinski definition) is 4. The molecule has 1 aromatic carbocycles. The van der Waals surface area contributed by atoms with Gasteiger partial charge in [-0.05, 0) is 6.42 Å². The molecular formula is C16H19AsN2O7S. The summed E-state index contributed by atoms with van der Waals surface area (Å²) >= 11 is 0.113. The van der Waals surface area contributed by atoms with Gasteiger partial charge in [0.2, 0.25) is 0 Å². The number of hydrogen-bond acceptors (Lipinski definition) is 6. The number of benzene rings is 1. The van der Waals surface area contributed by atoms with Crippen LogP contribution in [-0.4, -0.2) is 67.2 Å². The Morgan fingerprint density at radius 3 is 2.26 bits per heavy atom. The Morgan fingerprint density at radius 2 is 1.70 bits per heavy atom. The molecule has 0 spiro atoms. The number of carbonyl (C=O) groups is 4. The molecule has 9 nitrogen and oxygen atoms in total. The Morgan fingerprint density at radius 1 is 1.04 bits per heavy atom. The van der Waals surface area contributed by atoms with Gasteiger partial charge in [-0.25, -0.2) is 4.79 Å². The van der Waals surface area contributed by atoms with Crippen molar-refractivity contribution in [2.75, 3.05) is 16.8 Å². The van der Waals surface area contributed by atoms with Gasteiger partial charge in [-0.3, -0.25) is 4.79 Å². The van der Waals surface area contributed by atoms with Crippen molar-refractivity contribution in [2.45, 2.75) is 25.3 Å². The monoisotopic (exact) mass is 458 g/mol. The van der Waals surface area contributed by atoms with E-state index in [1.54, 1.807) is 24.3 Å². The van der Waals surface area contributed by atoms with Crippen molar-refractivity contribution in [3.63, 3.8) is 0 Å². The van der Waals surface area contributed by atoms with Crippen molar-refractivity contribution in [3.8, 4) is 0 Å². The zero-order valence-electron chi connectivity index (χ0n) is 14.2. The van der Waals surface area contributed by atoms with E-state index in [0.29, 0.717) is 15.8 Å². The molecule has 0 radical (unpaired) electrons. The van der Waals surface area contributed by atoms with Crippen LogP contribution in [0, 0.1) is 0 Å². The van der Waals surface area contributed by atoms with Gasteiger partial charge < -0.3 is 10.2 Å². The summed E-state index contributed by atoms with van der Waals surface area (Å²) in [6.45, 7) is 0. The SMILES string of the molecule is O=[As]c1ccc(NC(=O)CSCCC(=O)N[C@@H](CCC(=O)O)C(=O)O)cc1. The Hall–Kier alpha value is -2.19. The summed E-state index contributed by atoms with van der Waals surface area (Å²) in [7, 11) is 0. The first-order chi connectivity index (χ1) is 12.8. The summed E-state index contributed by atoms with van der Waals surface area (Å²) in [4.78, 5) is 45.0. The fraction of sp³-hybridized carbons (Fsp3) is 0.375. The molecule has 1 aromatic rings. The van der Waals surface area contributed by atoms with E-state index in [1.807, 2.05) is 0 Å². The molecule has 1 rings (SSSR count). The third-order valence-electron chi connectivity index (χ3n) is 3.24. The molecule has 0 aliphatic heterocycles. The average Bonchev–Trinajstić information content (AvgIpc) is 2.62. The van der Waals surface area contributed by atoms with E-state index in [9.17, 15) is 22.9 Å². The molecule has 1 atom stereocenters. The van der Waals surface area contributed by atoms with Crippen LogP contribution in [0.2, 0.25) is 0 Å². The van der Waals surface area contributed by atoms with E-state index in [4.69, 9.17) is 10.2 Å². The number of carboxylic acid groups (broad SMARTS) is 2. The third kappa shape index (κ3) is 9.91. The minimum atomic E-state index is -1.29. The molecule has 0 aliphatic carbocycles. The van der Waals surface area contributed by atoms with Crippen molar-refractivity contribution < 1.29 is 33.1 Å². The first kappa shape index (κ1) is 22.8. The molecule has 0 aliphatic rings. The number of rotatable bonds is 12. The maximum atomic E-state index is 11.8. The predicted molar refractivity (Wildman–Crippen MR) is 99.5 cm³/mol. The Labute approximate surface area is 166 Å². The fourth-order valence-electron chi connectivity index (χ4n) is 1.92. The average molecular weight is 458 g/mol. The van der Waals surface area contributed by atoms with Gasteiger partial charge in [0.25, 0.3) is 0 Å². The molecule has 4 N–H and O–H groups in total. The van der Waals surface area contributed by atoms with Crippen LogP contribution < -0.4 is 15.0 Å². The number of carbonyl (C=O) groups excluding carboxylic acids is 2. The van der Waals surface area contributed by atoms with Crippen molar-refractivity contribution in [2.24, 2.45) is 0 Å². The van der Waals surface area contributed by atoms with Crippen molar-refractivity contribution in [3.05, 3.63) is 24.3 Å². The number of thioether (sulfide) groups is 1. The Bertz CT molecular complexity index is 697. The van der Waals surface area contributed by atoms with Gasteiger partial charge >= 0.3 is 127 Å². The van der Waals surface area contributed by atoms with E-state index >= 15 is 0 Å². The summed E-state index contributed by atoms with van der Waals surface area (Å²) in [5.41, 5.74) is 0.583. The molecule has 0 saturated heterocycles. The normalized spacial score (nSPS) is 11.6. The Kier molecular flexibility index (Phi) is 10.4. The van der Waals surface area contributed by atoms with Gasteiger partial charge in [-0.1, -0.05) is 0 Å². The van der Waals surface area contributed by atoms with Crippen LogP contribution in [-0.2, 0) is 22.9 Å². The zero-order valence-corrected chi connectivity index (χ0v) is 16.9. The van der Waals surface area contributed by atoms with Gasteiger partial charge in [-0.15, -0.1) is 0 Å². The van der Waals surface area contributed by atoms with Crippen LogP contribution in [0.1, 0.15) is 19.3 Å². The van der Waals surface area contributed by atoms with E-state index in [0.717, 1.165) is 0 Å². The van der Waals surface area contributed by atoms with E-state index in [1.165, 1.54) is 11.8 Å². The summed E-state index contributed by atoms with van der Waals surface area (Å²) < 4.78 is 11.5. The minimum absolute atomic E-state index is 0.0100. The second-order valence-corrected chi connectivity index (χ2v) is 7.95. The summed E-state index contributed by atoms with van der Waals surface area (Å²) in [6, 6.07) is 5.40. The van der Waals surface area contributed by atoms with Gasteiger partial charge in [0.15, 0.2) is 0 Å². The number of nitrogens with one attached hydrogen (secondary N) is 2. The molecule has 0 aromatic heterocycles. The summed E-state index contributed by atoms with van der Waals surface area (Å²) in [5.74, 6) is -2.78. The predicted octanol–water partition coefficient (Wildman–Crippen LogP) is -0.142. The molecule has 0 saturated carbocycles. The van der Waals surface area contributed by atoms with Gasteiger partial charge in [0.1, 0.15) is 6.04 Å². The van der Waals surface area contributed by atoms with Crippen LogP contribution in [0.25, 0.3) is 0 Å². The van der Waals surface area contributed by atoms with Gasteiger partial charge in [0, 0.05) is 6.42 Å². The molecule has 27 heavy (non-hydrogen) atoms. The van der Waals surface area contributed by atoms with Crippen LogP contribution in [0.4, 0.5) is 5.69 Å². The van der Waals surface area contributed by atoms with Crippen LogP contribution >= 0.6 is 11.8 Å². The van der Waals surface area contributed by atoms with Gasteiger partial charge in [-0.2, -0.15) is 0 Å². The first-order valence-corrected chi connectivity index (χ1v) is 10.7. The van der Waals surface area contributed by atoms with E-state index in [-0.39, 0.29) is 30.9 Å². The first-order valence-electron chi connectivity index (χ1n) is 7.86. The molecule has 146 valence electrons. The summed E-state index contributed by atoms with van der Waals surface area (Å²) in [6.07, 6.45) is -0.543. The van der Waals surface area contributed by atoms with Crippen LogP contribution in [0.5, 0.6) is 0 Å². The van der Waals surface area contributed by atoms with Crippen molar-refractivity contribution >= 4 is 61.2 Å². The number of anilines is 1. The molecule has 11 heteroatoms. The van der Waals surface area contributed by atoms with Crippen molar-refractivity contribution in [1.82, 2.24) is 5.32 Å².